The van der Waals surface area contributed by atoms with Gasteiger partial charge in [-0.15, -0.1) is 0 Å². The zero-order chi connectivity index (χ0) is 14.4. The van der Waals surface area contributed by atoms with Crippen LogP contribution >= 0.6 is 15.9 Å². The Labute approximate surface area is 127 Å². The Morgan fingerprint density at radius 1 is 1.15 bits per heavy atom. The summed E-state index contributed by atoms with van der Waals surface area (Å²) in [4.78, 5) is 12.3. The standard InChI is InChI=1S/C16H16BrNO2/c1-20-11-10-12-6-2-5-9-15(12)18-16(19)13-7-3-4-8-14(13)17/h2-9H,10-11H2,1H3,(H,18,19). The fourth-order valence-electron chi connectivity index (χ4n) is 1.91. The van der Waals surface area contributed by atoms with Crippen molar-refractivity contribution in [3.8, 4) is 0 Å². The van der Waals surface area contributed by atoms with E-state index in [-0.39, 0.29) is 5.91 Å². The molecule has 0 fully saturated rings. The van der Waals surface area contributed by atoms with Crippen molar-refractivity contribution in [2.45, 2.75) is 6.42 Å². The van der Waals surface area contributed by atoms with Crippen LogP contribution in [0, 0.1) is 0 Å². The number of benzene rings is 2. The van der Waals surface area contributed by atoms with Gasteiger partial charge in [-0.3, -0.25) is 4.79 Å². The summed E-state index contributed by atoms with van der Waals surface area (Å²) >= 11 is 3.39. The van der Waals surface area contributed by atoms with Crippen molar-refractivity contribution in [1.82, 2.24) is 0 Å². The summed E-state index contributed by atoms with van der Waals surface area (Å²) in [7, 11) is 1.67. The number of anilines is 1. The summed E-state index contributed by atoms with van der Waals surface area (Å²) in [5, 5.41) is 2.95. The number of rotatable bonds is 5. The SMILES string of the molecule is COCCc1ccccc1NC(=O)c1ccccc1Br. The molecule has 0 aliphatic rings. The number of para-hydroxylation sites is 1. The first-order valence-corrected chi connectivity index (χ1v) is 7.14. The number of hydrogen-bond acceptors (Lipinski definition) is 2. The summed E-state index contributed by atoms with van der Waals surface area (Å²) in [6.07, 6.45) is 0.767. The van der Waals surface area contributed by atoms with Gasteiger partial charge >= 0.3 is 0 Å². The topological polar surface area (TPSA) is 38.3 Å². The van der Waals surface area contributed by atoms with Gasteiger partial charge in [0.1, 0.15) is 0 Å². The Hall–Kier alpha value is -1.65. The van der Waals surface area contributed by atoms with Crippen molar-refractivity contribution < 1.29 is 9.53 Å². The molecule has 0 radical (unpaired) electrons. The molecule has 3 nitrogen and oxygen atoms in total. The molecular weight excluding hydrogens is 318 g/mol. The number of ether oxygens (including phenoxy) is 1. The lowest BCUT2D eigenvalue weighted by molar-refractivity contribution is 0.102. The molecule has 1 amide bonds. The van der Waals surface area contributed by atoms with Gasteiger partial charge in [0, 0.05) is 17.3 Å². The molecule has 2 rings (SSSR count). The molecule has 0 heterocycles. The van der Waals surface area contributed by atoms with Crippen molar-refractivity contribution >= 4 is 27.5 Å². The van der Waals surface area contributed by atoms with Crippen molar-refractivity contribution in [2.75, 3.05) is 19.0 Å². The number of nitrogens with one attached hydrogen (secondary N) is 1. The summed E-state index contributed by atoms with van der Waals surface area (Å²) < 4.78 is 5.87. The molecule has 2 aromatic carbocycles. The number of hydrogen-bond donors (Lipinski definition) is 1. The predicted molar refractivity (Wildman–Crippen MR) is 84.1 cm³/mol. The molecular formula is C16H16BrNO2. The zero-order valence-electron chi connectivity index (χ0n) is 11.2. The van der Waals surface area contributed by atoms with Crippen LogP contribution in [0.2, 0.25) is 0 Å². The largest absolute Gasteiger partial charge is 0.384 e. The van der Waals surface area contributed by atoms with Gasteiger partial charge in [0.15, 0.2) is 0 Å². The summed E-state index contributed by atoms with van der Waals surface area (Å²) in [5.41, 5.74) is 2.51. The average molecular weight is 334 g/mol. The fraction of sp³-hybridized carbons (Fsp3) is 0.188. The van der Waals surface area contributed by atoms with Crippen LogP contribution in [-0.4, -0.2) is 19.6 Å². The molecule has 2 aromatic rings. The molecule has 0 saturated carbocycles. The lowest BCUT2D eigenvalue weighted by atomic mass is 10.1. The quantitative estimate of drug-likeness (QED) is 0.901. The van der Waals surface area contributed by atoms with E-state index in [0.29, 0.717) is 12.2 Å². The smallest absolute Gasteiger partial charge is 0.256 e. The fourth-order valence-corrected chi connectivity index (χ4v) is 2.37. The highest BCUT2D eigenvalue weighted by Gasteiger charge is 2.11. The van der Waals surface area contributed by atoms with Gasteiger partial charge in [0.2, 0.25) is 0 Å². The van der Waals surface area contributed by atoms with Gasteiger partial charge in [0.05, 0.1) is 12.2 Å². The zero-order valence-corrected chi connectivity index (χ0v) is 12.8. The van der Waals surface area contributed by atoms with Crippen LogP contribution in [0.4, 0.5) is 5.69 Å². The van der Waals surface area contributed by atoms with Crippen molar-refractivity contribution in [1.29, 1.82) is 0 Å². The molecule has 0 aromatic heterocycles. The van der Waals surface area contributed by atoms with Gasteiger partial charge in [-0.2, -0.15) is 0 Å². The Bertz CT molecular complexity index is 599. The Balaban J connectivity index is 2.18. The molecule has 104 valence electrons. The van der Waals surface area contributed by atoms with E-state index in [4.69, 9.17) is 4.74 Å². The first-order valence-electron chi connectivity index (χ1n) is 6.35. The molecule has 0 saturated heterocycles. The van der Waals surface area contributed by atoms with Gasteiger partial charge in [-0.25, -0.2) is 0 Å². The Morgan fingerprint density at radius 2 is 1.85 bits per heavy atom. The molecule has 0 aliphatic carbocycles. The normalized spacial score (nSPS) is 10.3. The van der Waals surface area contributed by atoms with Crippen molar-refractivity contribution in [2.24, 2.45) is 0 Å². The summed E-state index contributed by atoms with van der Waals surface area (Å²) in [6, 6.07) is 15.1. The van der Waals surface area contributed by atoms with Gasteiger partial charge < -0.3 is 10.1 Å². The molecule has 1 N–H and O–H groups in total. The van der Waals surface area contributed by atoms with Crippen LogP contribution in [0.1, 0.15) is 15.9 Å². The first kappa shape index (κ1) is 14.8. The third-order valence-corrected chi connectivity index (χ3v) is 3.65. The van der Waals surface area contributed by atoms with Crippen LogP contribution < -0.4 is 5.32 Å². The van der Waals surface area contributed by atoms with E-state index in [2.05, 4.69) is 21.2 Å². The van der Waals surface area contributed by atoms with E-state index in [1.807, 2.05) is 42.5 Å². The second-order valence-corrected chi connectivity index (χ2v) is 5.19. The maximum Gasteiger partial charge on any atom is 0.256 e. The molecule has 0 aliphatic heterocycles. The Kier molecular flexibility index (Phi) is 5.32. The lowest BCUT2D eigenvalue weighted by Crippen LogP contribution is -2.14. The third-order valence-electron chi connectivity index (χ3n) is 2.96. The number of halogens is 1. The van der Waals surface area contributed by atoms with Crippen molar-refractivity contribution in [3.63, 3.8) is 0 Å². The minimum atomic E-state index is -0.123. The molecule has 0 atom stereocenters. The number of methoxy groups -OCH3 is 1. The predicted octanol–water partition coefficient (Wildman–Crippen LogP) is 3.89. The van der Waals surface area contributed by atoms with E-state index >= 15 is 0 Å². The molecule has 4 heteroatoms. The monoisotopic (exact) mass is 333 g/mol. The highest BCUT2D eigenvalue weighted by atomic mass is 79.9. The molecule has 0 spiro atoms. The maximum absolute atomic E-state index is 12.3. The van der Waals surface area contributed by atoms with Gasteiger partial charge in [0.25, 0.3) is 5.91 Å². The maximum atomic E-state index is 12.3. The van der Waals surface area contributed by atoms with Crippen molar-refractivity contribution in [3.05, 3.63) is 64.1 Å². The summed E-state index contributed by atoms with van der Waals surface area (Å²) in [6.45, 7) is 0.627. The molecule has 0 bridgehead atoms. The number of carbonyl (C=O) groups excluding carboxylic acids is 1. The van der Waals surface area contributed by atoms with E-state index in [0.717, 1.165) is 22.1 Å². The van der Waals surface area contributed by atoms with Crippen LogP contribution in [0.3, 0.4) is 0 Å². The molecule has 0 unspecified atom stereocenters. The van der Waals surface area contributed by atoms with Gasteiger partial charge in [-0.1, -0.05) is 30.3 Å². The Morgan fingerprint density at radius 3 is 2.60 bits per heavy atom. The second-order valence-electron chi connectivity index (χ2n) is 4.33. The number of carbonyl (C=O) groups is 1. The second kappa shape index (κ2) is 7.22. The van der Waals surface area contributed by atoms with Crippen LogP contribution in [0.25, 0.3) is 0 Å². The van der Waals surface area contributed by atoms with E-state index in [1.165, 1.54) is 0 Å². The summed E-state index contributed by atoms with van der Waals surface area (Å²) in [5.74, 6) is -0.123. The molecule has 20 heavy (non-hydrogen) atoms. The van der Waals surface area contributed by atoms with E-state index in [1.54, 1.807) is 13.2 Å². The lowest BCUT2D eigenvalue weighted by Gasteiger charge is -2.11. The van der Waals surface area contributed by atoms with Crippen LogP contribution in [0.5, 0.6) is 0 Å². The third kappa shape index (κ3) is 3.68. The average Bonchev–Trinajstić information content (AvgIpc) is 2.46. The van der Waals surface area contributed by atoms with Crippen LogP contribution in [0.15, 0.2) is 53.0 Å². The highest BCUT2D eigenvalue weighted by Crippen LogP contribution is 2.20. The minimum Gasteiger partial charge on any atom is -0.384 e. The number of amides is 1. The van der Waals surface area contributed by atoms with E-state index < -0.39 is 0 Å². The van der Waals surface area contributed by atoms with Gasteiger partial charge in [-0.05, 0) is 46.1 Å². The first-order chi connectivity index (χ1) is 9.72. The van der Waals surface area contributed by atoms with E-state index in [9.17, 15) is 4.79 Å². The van der Waals surface area contributed by atoms with Crippen LogP contribution in [-0.2, 0) is 11.2 Å². The highest BCUT2D eigenvalue weighted by molar-refractivity contribution is 9.10. The minimum absolute atomic E-state index is 0.123.